The number of hydrogen-bond donors (Lipinski definition) is 1. The lowest BCUT2D eigenvalue weighted by Gasteiger charge is -2.11. The van der Waals surface area contributed by atoms with Gasteiger partial charge in [0.2, 0.25) is 0 Å². The first kappa shape index (κ1) is 24.3. The number of benzene rings is 4. The van der Waals surface area contributed by atoms with Crippen LogP contribution in [-0.4, -0.2) is 14.3 Å². The third-order valence-corrected chi connectivity index (χ3v) is 6.94. The molecular weight excluding hydrogens is 507 g/mol. The van der Waals surface area contributed by atoms with Gasteiger partial charge in [-0.1, -0.05) is 71.7 Å². The van der Waals surface area contributed by atoms with Gasteiger partial charge in [-0.3, -0.25) is 4.79 Å². The molecule has 9 heteroatoms. The molecule has 0 unspecified atom stereocenters. The Morgan fingerprint density at radius 1 is 0.886 bits per heavy atom. The smallest absolute Gasteiger partial charge is 0.339 e. The van der Waals surface area contributed by atoms with Gasteiger partial charge >= 0.3 is 10.1 Å². The zero-order chi connectivity index (χ0) is 25.0. The highest BCUT2D eigenvalue weighted by Crippen LogP contribution is 2.28. The lowest BCUT2D eigenvalue weighted by molar-refractivity contribution is -0.112. The van der Waals surface area contributed by atoms with Gasteiger partial charge in [0.1, 0.15) is 22.3 Å². The number of nitriles is 1. The number of halogens is 2. The van der Waals surface area contributed by atoms with Crippen molar-refractivity contribution < 1.29 is 17.4 Å². The number of fused-ring (bicyclic) bond motifs is 1. The minimum absolute atomic E-state index is 0.0205. The SMILES string of the molecule is N#C/C(=C/c1ccccc1OS(=O)(=O)c1ccc2ccccc2c1)C(=O)Nc1ccc(Cl)c(Cl)c1. The molecular formula is C26H16Cl2N2O4S. The van der Waals surface area contributed by atoms with Crippen molar-refractivity contribution in [2.24, 2.45) is 0 Å². The zero-order valence-electron chi connectivity index (χ0n) is 17.9. The van der Waals surface area contributed by atoms with Gasteiger partial charge in [0.05, 0.1) is 10.0 Å². The van der Waals surface area contributed by atoms with E-state index in [-0.39, 0.29) is 26.8 Å². The van der Waals surface area contributed by atoms with Crippen LogP contribution in [0.1, 0.15) is 5.56 Å². The van der Waals surface area contributed by atoms with Crippen molar-refractivity contribution in [3.05, 3.63) is 106 Å². The Morgan fingerprint density at radius 3 is 2.34 bits per heavy atom. The summed E-state index contributed by atoms with van der Waals surface area (Å²) in [4.78, 5) is 12.6. The number of hydrogen-bond acceptors (Lipinski definition) is 5. The van der Waals surface area contributed by atoms with E-state index in [1.165, 1.54) is 48.5 Å². The number of carbonyl (C=O) groups excluding carboxylic acids is 1. The fourth-order valence-electron chi connectivity index (χ4n) is 3.24. The number of anilines is 1. The molecule has 0 bridgehead atoms. The molecule has 1 amide bonds. The average molecular weight is 523 g/mol. The maximum Gasteiger partial charge on any atom is 0.339 e. The first-order valence-corrected chi connectivity index (χ1v) is 12.3. The van der Waals surface area contributed by atoms with Crippen molar-refractivity contribution >= 4 is 61.8 Å². The normalized spacial score (nSPS) is 11.6. The Bertz CT molecular complexity index is 1630. The van der Waals surface area contributed by atoms with E-state index in [9.17, 15) is 18.5 Å². The summed E-state index contributed by atoms with van der Waals surface area (Å²) in [6, 6.07) is 24.5. The van der Waals surface area contributed by atoms with E-state index in [0.717, 1.165) is 10.8 Å². The van der Waals surface area contributed by atoms with Gasteiger partial charge in [-0.2, -0.15) is 13.7 Å². The number of carbonyl (C=O) groups is 1. The maximum atomic E-state index is 13.0. The van der Waals surface area contributed by atoms with Gasteiger partial charge in [-0.15, -0.1) is 0 Å². The van der Waals surface area contributed by atoms with E-state index < -0.39 is 16.0 Å². The van der Waals surface area contributed by atoms with Crippen LogP contribution in [0.2, 0.25) is 10.0 Å². The first-order chi connectivity index (χ1) is 16.8. The van der Waals surface area contributed by atoms with Crippen LogP contribution < -0.4 is 9.50 Å². The summed E-state index contributed by atoms with van der Waals surface area (Å²) >= 11 is 11.9. The molecule has 174 valence electrons. The van der Waals surface area contributed by atoms with Crippen molar-refractivity contribution in [3.8, 4) is 11.8 Å². The van der Waals surface area contributed by atoms with Crippen LogP contribution in [0.25, 0.3) is 16.8 Å². The third-order valence-electron chi connectivity index (χ3n) is 4.97. The highest BCUT2D eigenvalue weighted by atomic mass is 35.5. The first-order valence-electron chi connectivity index (χ1n) is 10.2. The molecule has 0 aliphatic rings. The molecule has 0 atom stereocenters. The fourth-order valence-corrected chi connectivity index (χ4v) is 4.53. The molecule has 0 saturated heterocycles. The molecule has 35 heavy (non-hydrogen) atoms. The quantitative estimate of drug-likeness (QED) is 0.178. The number of para-hydroxylation sites is 1. The van der Waals surface area contributed by atoms with Gasteiger partial charge in [-0.25, -0.2) is 0 Å². The molecule has 6 nitrogen and oxygen atoms in total. The number of rotatable bonds is 6. The lowest BCUT2D eigenvalue weighted by atomic mass is 10.1. The molecule has 0 heterocycles. The van der Waals surface area contributed by atoms with Gasteiger partial charge < -0.3 is 9.50 Å². The fraction of sp³-hybridized carbons (Fsp3) is 0. The Kier molecular flexibility index (Phi) is 7.08. The Labute approximate surface area is 212 Å². The largest absolute Gasteiger partial charge is 0.378 e. The van der Waals surface area contributed by atoms with E-state index in [0.29, 0.717) is 10.7 Å². The van der Waals surface area contributed by atoms with Crippen LogP contribution >= 0.6 is 23.2 Å². The summed E-state index contributed by atoms with van der Waals surface area (Å²) in [5.74, 6) is -0.742. The monoisotopic (exact) mass is 522 g/mol. The summed E-state index contributed by atoms with van der Waals surface area (Å²) in [5, 5.41) is 14.3. The molecule has 4 aromatic rings. The lowest BCUT2D eigenvalue weighted by Crippen LogP contribution is -2.14. The predicted molar refractivity (Wildman–Crippen MR) is 137 cm³/mol. The highest BCUT2D eigenvalue weighted by molar-refractivity contribution is 7.87. The molecule has 0 radical (unpaired) electrons. The van der Waals surface area contributed by atoms with Gasteiger partial charge in [0, 0.05) is 11.3 Å². The van der Waals surface area contributed by atoms with Gasteiger partial charge in [0.15, 0.2) is 0 Å². The molecule has 1 N–H and O–H groups in total. The molecule has 0 aliphatic heterocycles. The molecule has 4 aromatic carbocycles. The van der Waals surface area contributed by atoms with Crippen LogP contribution in [0.15, 0.2) is 95.4 Å². The van der Waals surface area contributed by atoms with Crippen molar-refractivity contribution in [2.75, 3.05) is 5.32 Å². The average Bonchev–Trinajstić information content (AvgIpc) is 2.85. The second kappa shape index (κ2) is 10.2. The van der Waals surface area contributed by atoms with E-state index >= 15 is 0 Å². The van der Waals surface area contributed by atoms with Crippen molar-refractivity contribution in [3.63, 3.8) is 0 Å². The summed E-state index contributed by atoms with van der Waals surface area (Å²) < 4.78 is 31.3. The van der Waals surface area contributed by atoms with E-state index in [4.69, 9.17) is 27.4 Å². The minimum Gasteiger partial charge on any atom is -0.378 e. The maximum absolute atomic E-state index is 13.0. The van der Waals surface area contributed by atoms with Crippen LogP contribution in [-0.2, 0) is 14.9 Å². The standard InChI is InChI=1S/C26H16Cl2N2O4S/c27-23-12-10-21(15-24(23)28)30-26(31)20(16-29)13-19-7-3-4-8-25(19)34-35(32,33)22-11-9-17-5-1-2-6-18(17)14-22/h1-15H,(H,30,31)/b20-13-. The predicted octanol–water partition coefficient (Wildman–Crippen LogP) is 6.46. The number of nitrogens with one attached hydrogen (secondary N) is 1. The Balaban J connectivity index is 1.62. The number of nitrogens with zero attached hydrogens (tertiary/aromatic N) is 1. The summed E-state index contributed by atoms with van der Waals surface area (Å²) in [7, 11) is -4.19. The molecule has 0 aromatic heterocycles. The second-order valence-corrected chi connectivity index (χ2v) is 9.70. The minimum atomic E-state index is -4.19. The Hall–Kier alpha value is -3.83. The van der Waals surface area contributed by atoms with Gasteiger partial charge in [0.25, 0.3) is 5.91 Å². The van der Waals surface area contributed by atoms with E-state index in [2.05, 4.69) is 5.32 Å². The summed E-state index contributed by atoms with van der Waals surface area (Å²) in [5.41, 5.74) is 0.307. The topological polar surface area (TPSA) is 96.3 Å². The van der Waals surface area contributed by atoms with E-state index in [1.807, 2.05) is 24.3 Å². The Morgan fingerprint density at radius 2 is 1.60 bits per heavy atom. The van der Waals surface area contributed by atoms with Crippen LogP contribution in [0.3, 0.4) is 0 Å². The molecule has 0 saturated carbocycles. The molecule has 4 rings (SSSR count). The van der Waals surface area contributed by atoms with Crippen LogP contribution in [0.5, 0.6) is 5.75 Å². The van der Waals surface area contributed by atoms with E-state index in [1.54, 1.807) is 24.3 Å². The van der Waals surface area contributed by atoms with Crippen molar-refractivity contribution in [1.82, 2.24) is 0 Å². The van der Waals surface area contributed by atoms with Crippen LogP contribution in [0.4, 0.5) is 5.69 Å². The summed E-state index contributed by atoms with van der Waals surface area (Å²) in [6.45, 7) is 0. The van der Waals surface area contributed by atoms with Crippen molar-refractivity contribution in [1.29, 1.82) is 5.26 Å². The van der Waals surface area contributed by atoms with Crippen LogP contribution in [0, 0.1) is 11.3 Å². The second-order valence-electron chi connectivity index (χ2n) is 7.34. The third kappa shape index (κ3) is 5.64. The summed E-state index contributed by atoms with van der Waals surface area (Å²) in [6.07, 6.45) is 1.25. The molecule has 0 fully saturated rings. The zero-order valence-corrected chi connectivity index (χ0v) is 20.2. The highest BCUT2D eigenvalue weighted by Gasteiger charge is 2.19. The van der Waals surface area contributed by atoms with Crippen molar-refractivity contribution in [2.45, 2.75) is 4.90 Å². The molecule has 0 aliphatic carbocycles. The molecule has 0 spiro atoms. The van der Waals surface area contributed by atoms with Gasteiger partial charge in [-0.05, 0) is 53.2 Å². The number of amides is 1.